The molecule has 0 aliphatic carbocycles. The Morgan fingerprint density at radius 1 is 1.00 bits per heavy atom. The van der Waals surface area contributed by atoms with Crippen molar-refractivity contribution < 1.29 is 23.1 Å². The van der Waals surface area contributed by atoms with Crippen molar-refractivity contribution in [1.29, 1.82) is 0 Å². The second-order valence-corrected chi connectivity index (χ2v) is 10.2. The number of likely N-dealkylation sites (tertiary alicyclic amines) is 2. The lowest BCUT2D eigenvalue weighted by Gasteiger charge is -2.43. The highest BCUT2D eigenvalue weighted by molar-refractivity contribution is 6.31. The Kier molecular flexibility index (Phi) is 7.95. The fraction of sp³-hybridized carbons (Fsp3) is 0.481. The number of rotatable bonds is 6. The van der Waals surface area contributed by atoms with Gasteiger partial charge in [-0.3, -0.25) is 9.59 Å². The molecule has 2 aliphatic rings. The molecule has 0 spiro atoms. The van der Waals surface area contributed by atoms with Crippen LogP contribution in [-0.4, -0.2) is 54.4 Å². The second-order valence-electron chi connectivity index (χ2n) is 9.77. The molecule has 2 amide bonds. The smallest absolute Gasteiger partial charge is 0.256 e. The Hall–Kier alpha value is -2.67. The van der Waals surface area contributed by atoms with Crippen molar-refractivity contribution in [3.05, 3.63) is 64.2 Å². The third kappa shape index (κ3) is 6.13. The van der Waals surface area contributed by atoms with Gasteiger partial charge in [0.05, 0.1) is 12.2 Å². The van der Waals surface area contributed by atoms with E-state index in [9.17, 15) is 18.4 Å². The molecule has 2 aromatic carbocycles. The highest BCUT2D eigenvalue weighted by Crippen LogP contribution is 2.36. The van der Waals surface area contributed by atoms with Crippen molar-refractivity contribution in [2.75, 3.05) is 32.8 Å². The number of piperidine rings is 2. The monoisotopic (exact) mass is 504 g/mol. The van der Waals surface area contributed by atoms with Gasteiger partial charge in [-0.2, -0.15) is 0 Å². The van der Waals surface area contributed by atoms with E-state index < -0.39 is 23.0 Å². The van der Waals surface area contributed by atoms with E-state index in [1.807, 2.05) is 17.9 Å². The van der Waals surface area contributed by atoms with E-state index in [0.717, 1.165) is 50.0 Å². The summed E-state index contributed by atoms with van der Waals surface area (Å²) >= 11 is 6.14. The topological polar surface area (TPSA) is 49.9 Å². The van der Waals surface area contributed by atoms with Gasteiger partial charge in [0.25, 0.3) is 5.91 Å². The summed E-state index contributed by atoms with van der Waals surface area (Å²) in [7, 11) is 0. The van der Waals surface area contributed by atoms with Gasteiger partial charge >= 0.3 is 0 Å². The molecule has 188 valence electrons. The zero-order valence-corrected chi connectivity index (χ0v) is 20.8. The molecule has 0 N–H and O–H groups in total. The first-order chi connectivity index (χ1) is 16.8. The van der Waals surface area contributed by atoms with Gasteiger partial charge in [0.1, 0.15) is 17.4 Å². The van der Waals surface area contributed by atoms with Gasteiger partial charge < -0.3 is 14.5 Å². The molecule has 35 heavy (non-hydrogen) atoms. The Labute approximate surface area is 210 Å². The molecule has 8 heteroatoms. The molecular formula is C27H31ClF2N2O3. The number of hydrogen-bond donors (Lipinski definition) is 0. The molecule has 2 aliphatic heterocycles. The van der Waals surface area contributed by atoms with Crippen LogP contribution in [0.4, 0.5) is 8.78 Å². The largest absolute Gasteiger partial charge is 0.493 e. The van der Waals surface area contributed by atoms with Crippen LogP contribution in [0.5, 0.6) is 5.75 Å². The van der Waals surface area contributed by atoms with E-state index in [1.165, 1.54) is 6.07 Å². The summed E-state index contributed by atoms with van der Waals surface area (Å²) in [4.78, 5) is 29.9. The number of aryl methyl sites for hydroxylation is 1. The minimum Gasteiger partial charge on any atom is -0.493 e. The number of ether oxygens (including phenoxy) is 1. The van der Waals surface area contributed by atoms with E-state index in [0.29, 0.717) is 30.2 Å². The number of carbonyl (C=O) groups is 2. The molecule has 5 nitrogen and oxygen atoms in total. The average Bonchev–Trinajstić information content (AvgIpc) is 2.85. The number of carbonyl (C=O) groups excluding carboxylic acids is 2. The zero-order valence-electron chi connectivity index (χ0n) is 20.0. The lowest BCUT2D eigenvalue weighted by molar-refractivity contribution is -0.136. The van der Waals surface area contributed by atoms with Crippen LogP contribution in [0.1, 0.15) is 54.4 Å². The van der Waals surface area contributed by atoms with Crippen molar-refractivity contribution in [3.8, 4) is 5.75 Å². The van der Waals surface area contributed by atoms with Gasteiger partial charge in [-0.1, -0.05) is 11.6 Å². The lowest BCUT2D eigenvalue weighted by Crippen LogP contribution is -2.51. The fourth-order valence-electron chi connectivity index (χ4n) is 5.05. The lowest BCUT2D eigenvalue weighted by atomic mass is 9.77. The quantitative estimate of drug-likeness (QED) is 0.512. The zero-order chi connectivity index (χ0) is 25.0. The fourth-order valence-corrected chi connectivity index (χ4v) is 5.16. The number of amides is 2. The van der Waals surface area contributed by atoms with Crippen LogP contribution in [0, 0.1) is 24.0 Å². The van der Waals surface area contributed by atoms with Crippen molar-refractivity contribution in [1.82, 2.24) is 9.80 Å². The maximum atomic E-state index is 14.4. The van der Waals surface area contributed by atoms with Crippen molar-refractivity contribution in [3.63, 3.8) is 0 Å². The van der Waals surface area contributed by atoms with Gasteiger partial charge in [0.15, 0.2) is 0 Å². The Morgan fingerprint density at radius 2 is 1.74 bits per heavy atom. The van der Waals surface area contributed by atoms with Crippen molar-refractivity contribution in [2.24, 2.45) is 5.41 Å². The van der Waals surface area contributed by atoms with Crippen LogP contribution in [0.2, 0.25) is 5.02 Å². The Bertz CT molecular complexity index is 1090. The summed E-state index contributed by atoms with van der Waals surface area (Å²) in [5, 5.41) is 0.642. The van der Waals surface area contributed by atoms with Crippen molar-refractivity contribution >= 4 is 23.4 Å². The van der Waals surface area contributed by atoms with Crippen LogP contribution in [0.25, 0.3) is 0 Å². The molecule has 0 aromatic heterocycles. The van der Waals surface area contributed by atoms with Crippen LogP contribution in [0.3, 0.4) is 0 Å². The molecule has 2 aromatic rings. The number of benzene rings is 2. The molecule has 4 rings (SSSR count). The Morgan fingerprint density at radius 3 is 2.46 bits per heavy atom. The first-order valence-corrected chi connectivity index (χ1v) is 12.6. The Balaban J connectivity index is 1.56. The number of halogens is 3. The minimum atomic E-state index is -0.886. The maximum absolute atomic E-state index is 14.4. The van der Waals surface area contributed by atoms with E-state index in [2.05, 4.69) is 0 Å². The van der Waals surface area contributed by atoms with Crippen molar-refractivity contribution in [2.45, 2.75) is 45.4 Å². The molecule has 2 saturated heterocycles. The average molecular weight is 505 g/mol. The normalized spacial score (nSPS) is 20.6. The maximum Gasteiger partial charge on any atom is 0.256 e. The summed E-state index contributed by atoms with van der Waals surface area (Å²) in [6.45, 7) is 4.32. The number of hydrogen-bond acceptors (Lipinski definition) is 3. The number of nitrogens with zero attached hydrogens (tertiary/aromatic N) is 2. The summed E-state index contributed by atoms with van der Waals surface area (Å²) in [6.07, 6.45) is 4.72. The van der Waals surface area contributed by atoms with Crippen LogP contribution in [0.15, 0.2) is 36.4 Å². The summed E-state index contributed by atoms with van der Waals surface area (Å²) < 4.78 is 33.9. The molecular weight excluding hydrogens is 474 g/mol. The molecule has 2 heterocycles. The van der Waals surface area contributed by atoms with Gasteiger partial charge in [-0.15, -0.1) is 0 Å². The molecule has 0 radical (unpaired) electrons. The highest BCUT2D eigenvalue weighted by atomic mass is 35.5. The predicted molar refractivity (Wildman–Crippen MR) is 131 cm³/mol. The minimum absolute atomic E-state index is 0.0582. The first-order valence-electron chi connectivity index (χ1n) is 12.2. The van der Waals surface area contributed by atoms with E-state index >= 15 is 0 Å². The first kappa shape index (κ1) is 25.4. The predicted octanol–water partition coefficient (Wildman–Crippen LogP) is 5.63. The van der Waals surface area contributed by atoms with E-state index in [4.69, 9.17) is 16.3 Å². The van der Waals surface area contributed by atoms with Gasteiger partial charge in [0, 0.05) is 49.1 Å². The molecule has 1 atom stereocenters. The van der Waals surface area contributed by atoms with Crippen LogP contribution < -0.4 is 4.74 Å². The second kappa shape index (κ2) is 10.9. The third-order valence-corrected chi connectivity index (χ3v) is 7.44. The van der Waals surface area contributed by atoms with Crippen LogP contribution >= 0.6 is 11.6 Å². The summed E-state index contributed by atoms with van der Waals surface area (Å²) in [5.41, 5.74) is 0.0978. The van der Waals surface area contributed by atoms with Gasteiger partial charge in [-0.05, 0) is 74.9 Å². The molecule has 2 fully saturated rings. The third-order valence-electron chi connectivity index (χ3n) is 7.02. The SMILES string of the molecule is Cc1cc(OCC2(CC(=O)N3CCCCC3)CCCN(C(=O)c3ccc(F)cc3F)C2)ccc1Cl. The van der Waals surface area contributed by atoms with Gasteiger partial charge in [0.2, 0.25) is 5.91 Å². The molecule has 1 unspecified atom stereocenters. The summed E-state index contributed by atoms with van der Waals surface area (Å²) in [6, 6.07) is 8.38. The molecule has 0 bridgehead atoms. The van der Waals surface area contributed by atoms with E-state index in [-0.39, 0.29) is 31.0 Å². The van der Waals surface area contributed by atoms with E-state index in [1.54, 1.807) is 17.0 Å². The summed E-state index contributed by atoms with van der Waals surface area (Å²) in [5.74, 6) is -1.42. The standard InChI is InChI=1S/C27H31ClF2N2O3/c1-19-14-21(7-9-23(19)28)35-18-27(16-25(33)31-11-3-2-4-12-31)10-5-13-32(17-27)26(34)22-8-6-20(29)15-24(22)30/h6-9,14-15H,2-5,10-13,16-18H2,1H3. The van der Waals surface area contributed by atoms with Gasteiger partial charge in [-0.25, -0.2) is 8.78 Å². The molecule has 0 saturated carbocycles. The van der Waals surface area contributed by atoms with Crippen LogP contribution in [-0.2, 0) is 4.79 Å². The highest BCUT2D eigenvalue weighted by Gasteiger charge is 2.41.